The summed E-state index contributed by atoms with van der Waals surface area (Å²) in [6, 6.07) is 29.0. The van der Waals surface area contributed by atoms with Crippen LogP contribution in [-0.4, -0.2) is 32.6 Å². The molecule has 0 bridgehead atoms. The lowest BCUT2D eigenvalue weighted by molar-refractivity contribution is -0.139. The summed E-state index contributed by atoms with van der Waals surface area (Å²) in [5.74, 6) is -0.408. The van der Waals surface area contributed by atoms with Crippen molar-refractivity contribution < 1.29 is 19.1 Å². The Kier molecular flexibility index (Phi) is 7.88. The molecule has 0 heterocycles. The van der Waals surface area contributed by atoms with Crippen molar-refractivity contribution in [2.24, 2.45) is 0 Å². The van der Waals surface area contributed by atoms with Crippen LogP contribution in [0.2, 0.25) is 5.04 Å². The van der Waals surface area contributed by atoms with Crippen molar-refractivity contribution in [2.45, 2.75) is 38.7 Å². The number of carboxylic acid groups (broad SMARTS) is 1. The van der Waals surface area contributed by atoms with Crippen molar-refractivity contribution in [1.29, 1.82) is 0 Å². The van der Waals surface area contributed by atoms with Crippen molar-refractivity contribution in [3.63, 3.8) is 0 Å². The van der Waals surface area contributed by atoms with Crippen LogP contribution in [-0.2, 0) is 15.6 Å². The molecular formula is C27H32O4Si. The molecule has 0 spiro atoms. The van der Waals surface area contributed by atoms with E-state index in [-0.39, 0.29) is 11.6 Å². The zero-order valence-electron chi connectivity index (χ0n) is 19.1. The molecule has 3 aromatic rings. The Balaban J connectivity index is 1.73. The predicted octanol–water partition coefficient (Wildman–Crippen LogP) is 4.66. The van der Waals surface area contributed by atoms with Crippen LogP contribution in [0.1, 0.15) is 32.8 Å². The van der Waals surface area contributed by atoms with E-state index in [1.165, 1.54) is 15.9 Å². The molecule has 0 atom stereocenters. The largest absolute Gasteiger partial charge is 0.482 e. The van der Waals surface area contributed by atoms with Gasteiger partial charge in [-0.25, -0.2) is 4.79 Å². The maximum atomic E-state index is 10.6. The molecule has 0 saturated carbocycles. The first-order valence-electron chi connectivity index (χ1n) is 11.0. The van der Waals surface area contributed by atoms with Gasteiger partial charge in [0.05, 0.1) is 0 Å². The van der Waals surface area contributed by atoms with E-state index < -0.39 is 14.3 Å². The summed E-state index contributed by atoms with van der Waals surface area (Å²) in [4.78, 5) is 10.6. The molecule has 4 nitrogen and oxygen atoms in total. The molecule has 0 aliphatic rings. The highest BCUT2D eigenvalue weighted by Crippen LogP contribution is 2.36. The van der Waals surface area contributed by atoms with Gasteiger partial charge >= 0.3 is 5.97 Å². The van der Waals surface area contributed by atoms with Crippen LogP contribution in [0.3, 0.4) is 0 Å². The second-order valence-corrected chi connectivity index (χ2v) is 13.2. The average Bonchev–Trinajstić information content (AvgIpc) is 2.79. The van der Waals surface area contributed by atoms with Gasteiger partial charge in [-0.15, -0.1) is 0 Å². The Morgan fingerprint density at radius 3 is 1.84 bits per heavy atom. The molecule has 5 heteroatoms. The number of carboxylic acids is 1. The Bertz CT molecular complexity index is 940. The number of hydrogen-bond acceptors (Lipinski definition) is 3. The van der Waals surface area contributed by atoms with Crippen molar-refractivity contribution in [2.75, 3.05) is 13.2 Å². The predicted molar refractivity (Wildman–Crippen MR) is 131 cm³/mol. The fourth-order valence-corrected chi connectivity index (χ4v) is 8.77. The molecule has 3 rings (SSSR count). The van der Waals surface area contributed by atoms with E-state index in [9.17, 15) is 4.79 Å². The van der Waals surface area contributed by atoms with Crippen LogP contribution in [0.15, 0.2) is 84.9 Å². The summed E-state index contributed by atoms with van der Waals surface area (Å²) < 4.78 is 12.1. The Labute approximate surface area is 192 Å². The quantitative estimate of drug-likeness (QED) is 0.362. The number of aryl methyl sites for hydroxylation is 1. The van der Waals surface area contributed by atoms with Crippen molar-refractivity contribution >= 4 is 24.7 Å². The van der Waals surface area contributed by atoms with E-state index >= 15 is 0 Å². The third-order valence-electron chi connectivity index (χ3n) is 5.63. The van der Waals surface area contributed by atoms with Gasteiger partial charge in [-0.2, -0.15) is 0 Å². The molecule has 0 amide bonds. The Morgan fingerprint density at radius 2 is 1.38 bits per heavy atom. The molecule has 0 aromatic heterocycles. The Morgan fingerprint density at radius 1 is 0.844 bits per heavy atom. The monoisotopic (exact) mass is 448 g/mol. The minimum Gasteiger partial charge on any atom is -0.482 e. The second-order valence-electron chi connectivity index (χ2n) is 8.94. The van der Waals surface area contributed by atoms with Crippen LogP contribution in [0.5, 0.6) is 5.75 Å². The summed E-state index contributed by atoms with van der Waals surface area (Å²) >= 11 is 0. The number of hydrogen-bond donors (Lipinski definition) is 1. The lowest BCUT2D eigenvalue weighted by Gasteiger charge is -2.43. The fraction of sp³-hybridized carbons (Fsp3) is 0.296. The first kappa shape index (κ1) is 23.8. The molecule has 0 radical (unpaired) electrons. The standard InChI is InChI=1S/C27H32O4Si/c1-27(2,3)32(24-12-6-4-7-13-24,25-14-8-5-9-15-25)31-20-10-11-22-16-18-23(19-17-22)30-21-26(28)29/h4-9,12-19H,10-11,20-21H2,1-3H3,(H,28,29). The van der Waals surface area contributed by atoms with Gasteiger partial charge < -0.3 is 14.3 Å². The van der Waals surface area contributed by atoms with Crippen LogP contribution in [0.25, 0.3) is 0 Å². The second kappa shape index (κ2) is 10.6. The lowest BCUT2D eigenvalue weighted by Crippen LogP contribution is -2.66. The third-order valence-corrected chi connectivity index (χ3v) is 10.7. The third kappa shape index (κ3) is 5.67. The Hall–Kier alpha value is -2.89. The summed E-state index contributed by atoms with van der Waals surface area (Å²) in [5.41, 5.74) is 1.18. The van der Waals surface area contributed by atoms with Crippen molar-refractivity contribution in [1.82, 2.24) is 0 Å². The summed E-state index contributed by atoms with van der Waals surface area (Å²) in [7, 11) is -2.49. The van der Waals surface area contributed by atoms with Gasteiger partial charge in [0.2, 0.25) is 0 Å². The number of carbonyl (C=O) groups is 1. The highest BCUT2D eigenvalue weighted by Gasteiger charge is 2.49. The fourth-order valence-electron chi connectivity index (χ4n) is 4.16. The minimum atomic E-state index is -2.49. The molecule has 0 fully saturated rings. The van der Waals surface area contributed by atoms with Gasteiger partial charge in [0.15, 0.2) is 6.61 Å². The molecule has 0 unspecified atom stereocenters. The van der Waals surface area contributed by atoms with Gasteiger partial charge in [-0.3, -0.25) is 0 Å². The first-order valence-corrected chi connectivity index (χ1v) is 12.9. The zero-order valence-corrected chi connectivity index (χ0v) is 20.1. The van der Waals surface area contributed by atoms with Crippen LogP contribution < -0.4 is 15.1 Å². The van der Waals surface area contributed by atoms with Crippen molar-refractivity contribution in [3.8, 4) is 5.75 Å². The smallest absolute Gasteiger partial charge is 0.341 e. The lowest BCUT2D eigenvalue weighted by atomic mass is 10.1. The number of rotatable bonds is 10. The van der Waals surface area contributed by atoms with E-state index in [1.54, 1.807) is 0 Å². The summed E-state index contributed by atoms with van der Waals surface area (Å²) in [6.45, 7) is 7.20. The SMILES string of the molecule is CC(C)(C)[Si](OCCCc1ccc(OCC(=O)O)cc1)(c1ccccc1)c1ccccc1. The topological polar surface area (TPSA) is 55.8 Å². The van der Waals surface area contributed by atoms with E-state index in [0.717, 1.165) is 12.8 Å². The van der Waals surface area contributed by atoms with Gasteiger partial charge in [-0.05, 0) is 45.9 Å². The average molecular weight is 449 g/mol. The van der Waals surface area contributed by atoms with E-state index in [1.807, 2.05) is 24.3 Å². The van der Waals surface area contributed by atoms with Gasteiger partial charge in [-0.1, -0.05) is 93.6 Å². The van der Waals surface area contributed by atoms with Crippen molar-refractivity contribution in [3.05, 3.63) is 90.5 Å². The number of ether oxygens (including phenoxy) is 1. The highest BCUT2D eigenvalue weighted by atomic mass is 28.4. The summed E-state index contributed by atoms with van der Waals surface area (Å²) in [5, 5.41) is 11.3. The van der Waals surface area contributed by atoms with Crippen LogP contribution in [0.4, 0.5) is 0 Å². The normalized spacial score (nSPS) is 11.8. The molecule has 32 heavy (non-hydrogen) atoms. The van der Waals surface area contributed by atoms with E-state index in [2.05, 4.69) is 81.4 Å². The molecule has 0 saturated heterocycles. The number of aliphatic carboxylic acids is 1. The van der Waals surface area contributed by atoms with E-state index in [4.69, 9.17) is 14.3 Å². The summed E-state index contributed by atoms with van der Waals surface area (Å²) in [6.07, 6.45) is 1.79. The molecule has 0 aliphatic carbocycles. The van der Waals surface area contributed by atoms with Gasteiger partial charge in [0.1, 0.15) is 5.75 Å². The van der Waals surface area contributed by atoms with E-state index in [0.29, 0.717) is 12.4 Å². The first-order chi connectivity index (χ1) is 15.3. The molecule has 168 valence electrons. The maximum absolute atomic E-state index is 10.6. The maximum Gasteiger partial charge on any atom is 0.341 e. The molecule has 3 aromatic carbocycles. The molecule has 0 aliphatic heterocycles. The molecule has 1 N–H and O–H groups in total. The zero-order chi connectivity index (χ0) is 23.0. The number of benzene rings is 3. The highest BCUT2D eigenvalue weighted by molar-refractivity contribution is 6.99. The van der Waals surface area contributed by atoms with Gasteiger partial charge in [0.25, 0.3) is 8.32 Å². The van der Waals surface area contributed by atoms with Crippen LogP contribution in [0, 0.1) is 0 Å². The molecular weight excluding hydrogens is 416 g/mol. The minimum absolute atomic E-state index is 0.0289. The van der Waals surface area contributed by atoms with Gasteiger partial charge in [0, 0.05) is 6.61 Å². The van der Waals surface area contributed by atoms with Crippen LogP contribution >= 0.6 is 0 Å².